The second-order valence-electron chi connectivity index (χ2n) is 7.99. The highest BCUT2D eigenvalue weighted by molar-refractivity contribution is 6.09. The molecule has 1 N–H and O–H groups in total. The summed E-state index contributed by atoms with van der Waals surface area (Å²) in [6.45, 7) is 3.12. The number of likely N-dealkylation sites (N-methyl/N-ethyl adjacent to an activating group) is 1. The first-order valence-corrected chi connectivity index (χ1v) is 9.48. The number of amides is 4. The number of hydrogen-bond donors (Lipinski definition) is 1. The normalized spacial score (nSPS) is 27.7. The van der Waals surface area contributed by atoms with Crippen LogP contribution in [0.5, 0.6) is 0 Å². The first-order valence-electron chi connectivity index (χ1n) is 9.48. The Labute approximate surface area is 162 Å². The van der Waals surface area contributed by atoms with Crippen LogP contribution >= 0.6 is 0 Å². The quantitative estimate of drug-likeness (QED) is 0.800. The van der Waals surface area contributed by atoms with E-state index < -0.39 is 35.7 Å². The molecule has 28 heavy (non-hydrogen) atoms. The zero-order valence-electron chi connectivity index (χ0n) is 16.3. The molecule has 1 saturated heterocycles. The summed E-state index contributed by atoms with van der Waals surface area (Å²) < 4.78 is 27.4. The van der Waals surface area contributed by atoms with Crippen LogP contribution in [0.25, 0.3) is 0 Å². The lowest BCUT2D eigenvalue weighted by Crippen LogP contribution is -2.47. The fourth-order valence-electron chi connectivity index (χ4n) is 4.00. The molecule has 1 heterocycles. The first kappa shape index (κ1) is 20.2. The molecule has 1 saturated carbocycles. The van der Waals surface area contributed by atoms with E-state index in [0.717, 1.165) is 42.7 Å². The summed E-state index contributed by atoms with van der Waals surface area (Å²) in [5, 5.41) is 2.44. The van der Waals surface area contributed by atoms with Gasteiger partial charge in [-0.3, -0.25) is 14.5 Å². The number of halogens is 2. The van der Waals surface area contributed by atoms with Crippen LogP contribution in [0.2, 0.25) is 0 Å². The number of urea groups is 1. The second-order valence-corrected chi connectivity index (χ2v) is 7.99. The highest BCUT2D eigenvalue weighted by Gasteiger charge is 2.51. The van der Waals surface area contributed by atoms with Gasteiger partial charge in [0.25, 0.3) is 5.91 Å². The topological polar surface area (TPSA) is 69.7 Å². The van der Waals surface area contributed by atoms with Gasteiger partial charge in [-0.25, -0.2) is 13.6 Å². The van der Waals surface area contributed by atoms with Crippen molar-refractivity contribution in [3.05, 3.63) is 35.4 Å². The van der Waals surface area contributed by atoms with Gasteiger partial charge in [0.15, 0.2) is 0 Å². The van der Waals surface area contributed by atoms with Crippen LogP contribution in [-0.4, -0.2) is 47.3 Å². The van der Waals surface area contributed by atoms with Gasteiger partial charge in [-0.15, -0.1) is 0 Å². The summed E-state index contributed by atoms with van der Waals surface area (Å²) in [5.41, 5.74) is -1.83. The molecule has 1 aromatic carbocycles. The average Bonchev–Trinajstić information content (AvgIpc) is 2.85. The summed E-state index contributed by atoms with van der Waals surface area (Å²) in [6.07, 6.45) is 3.85. The Morgan fingerprint density at radius 1 is 1.25 bits per heavy atom. The summed E-state index contributed by atoms with van der Waals surface area (Å²) in [4.78, 5) is 40.3. The van der Waals surface area contributed by atoms with Gasteiger partial charge in [-0.1, -0.05) is 13.0 Å². The van der Waals surface area contributed by atoms with E-state index in [1.807, 2.05) is 0 Å². The Kier molecular flexibility index (Phi) is 5.41. The molecule has 0 bridgehead atoms. The largest absolute Gasteiger partial charge is 0.341 e. The fourth-order valence-corrected chi connectivity index (χ4v) is 4.00. The van der Waals surface area contributed by atoms with Gasteiger partial charge in [0.05, 0.1) is 0 Å². The van der Waals surface area contributed by atoms with Crippen LogP contribution < -0.4 is 5.32 Å². The summed E-state index contributed by atoms with van der Waals surface area (Å²) in [5.74, 6) is -2.15. The van der Waals surface area contributed by atoms with E-state index in [-0.39, 0.29) is 17.5 Å². The Hall–Kier alpha value is -2.51. The highest BCUT2D eigenvalue weighted by Crippen LogP contribution is 2.31. The van der Waals surface area contributed by atoms with Crippen molar-refractivity contribution in [2.45, 2.75) is 51.1 Å². The molecule has 6 nitrogen and oxygen atoms in total. The predicted octanol–water partition coefficient (Wildman–Crippen LogP) is 2.77. The van der Waals surface area contributed by atoms with Crippen LogP contribution in [0.15, 0.2) is 18.2 Å². The SMILES string of the molecule is CC1CCC(N(C)C(=O)CN2C(=O)NC(C)(c3ccc(F)cc3F)C2=O)CC1. The van der Waals surface area contributed by atoms with Crippen molar-refractivity contribution in [1.82, 2.24) is 15.1 Å². The molecule has 152 valence electrons. The number of hydrogen-bond acceptors (Lipinski definition) is 3. The van der Waals surface area contributed by atoms with Crippen LogP contribution in [0.4, 0.5) is 13.6 Å². The molecule has 2 fully saturated rings. The first-order chi connectivity index (χ1) is 13.1. The van der Waals surface area contributed by atoms with E-state index in [4.69, 9.17) is 0 Å². The maximum absolute atomic E-state index is 14.2. The smallest absolute Gasteiger partial charge is 0.325 e. The van der Waals surface area contributed by atoms with E-state index in [2.05, 4.69) is 12.2 Å². The molecule has 1 atom stereocenters. The maximum atomic E-state index is 14.2. The minimum atomic E-state index is -1.69. The minimum absolute atomic E-state index is 0.0883. The van der Waals surface area contributed by atoms with Gasteiger partial charge in [-0.2, -0.15) is 0 Å². The number of imide groups is 1. The van der Waals surface area contributed by atoms with E-state index in [0.29, 0.717) is 12.0 Å². The molecule has 1 aromatic rings. The predicted molar refractivity (Wildman–Crippen MR) is 98.1 cm³/mol. The molecule has 2 aliphatic rings. The summed E-state index contributed by atoms with van der Waals surface area (Å²) in [6, 6.07) is 2.13. The van der Waals surface area contributed by atoms with Crippen molar-refractivity contribution >= 4 is 17.8 Å². The van der Waals surface area contributed by atoms with Crippen molar-refractivity contribution in [1.29, 1.82) is 0 Å². The molecule has 3 rings (SSSR count). The van der Waals surface area contributed by atoms with Gasteiger partial charge in [0, 0.05) is 24.7 Å². The molecule has 1 aliphatic heterocycles. The lowest BCUT2D eigenvalue weighted by atomic mass is 9.87. The molecular formula is C20H25F2N3O3. The number of carbonyl (C=O) groups excluding carboxylic acids is 3. The van der Waals surface area contributed by atoms with Gasteiger partial charge in [0.1, 0.15) is 23.7 Å². The van der Waals surface area contributed by atoms with Crippen LogP contribution in [0.1, 0.15) is 45.1 Å². The van der Waals surface area contributed by atoms with Gasteiger partial charge < -0.3 is 10.2 Å². The van der Waals surface area contributed by atoms with Gasteiger partial charge >= 0.3 is 6.03 Å². The third kappa shape index (κ3) is 3.59. The number of nitrogens with zero attached hydrogens (tertiary/aromatic N) is 2. The van der Waals surface area contributed by atoms with Crippen molar-refractivity contribution in [3.8, 4) is 0 Å². The van der Waals surface area contributed by atoms with Crippen LogP contribution in [0.3, 0.4) is 0 Å². The lowest BCUT2D eigenvalue weighted by Gasteiger charge is -2.34. The van der Waals surface area contributed by atoms with E-state index in [1.165, 1.54) is 6.92 Å². The zero-order chi connectivity index (χ0) is 20.6. The lowest BCUT2D eigenvalue weighted by molar-refractivity contribution is -0.139. The highest BCUT2D eigenvalue weighted by atomic mass is 19.1. The second kappa shape index (κ2) is 7.48. The van der Waals surface area contributed by atoms with Crippen molar-refractivity contribution < 1.29 is 23.2 Å². The van der Waals surface area contributed by atoms with Gasteiger partial charge in [0.2, 0.25) is 5.91 Å². The Bertz CT molecular complexity index is 808. The Balaban J connectivity index is 1.74. The molecule has 4 amide bonds. The maximum Gasteiger partial charge on any atom is 0.325 e. The Morgan fingerprint density at radius 2 is 1.89 bits per heavy atom. The zero-order valence-corrected chi connectivity index (χ0v) is 16.3. The minimum Gasteiger partial charge on any atom is -0.341 e. The number of benzene rings is 1. The standard InChI is InChI=1S/C20H25F2N3O3/c1-12-4-7-14(8-5-12)24(3)17(26)11-25-18(27)20(2,23-19(25)28)15-9-6-13(21)10-16(15)22/h6,9-10,12,14H,4-5,7-8,11H2,1-3H3,(H,23,28). The monoisotopic (exact) mass is 393 g/mol. The fraction of sp³-hybridized carbons (Fsp3) is 0.550. The molecule has 1 unspecified atom stereocenters. The number of nitrogens with one attached hydrogen (secondary N) is 1. The van der Waals surface area contributed by atoms with E-state index in [1.54, 1.807) is 11.9 Å². The van der Waals surface area contributed by atoms with E-state index in [9.17, 15) is 23.2 Å². The van der Waals surface area contributed by atoms with Crippen molar-refractivity contribution in [3.63, 3.8) is 0 Å². The van der Waals surface area contributed by atoms with Crippen LogP contribution in [0, 0.1) is 17.6 Å². The number of rotatable bonds is 4. The van der Waals surface area contributed by atoms with Crippen molar-refractivity contribution in [2.75, 3.05) is 13.6 Å². The number of carbonyl (C=O) groups is 3. The third-order valence-electron chi connectivity index (χ3n) is 5.96. The summed E-state index contributed by atoms with van der Waals surface area (Å²) >= 11 is 0. The molecule has 0 aromatic heterocycles. The van der Waals surface area contributed by atoms with Crippen LogP contribution in [-0.2, 0) is 15.1 Å². The Morgan fingerprint density at radius 3 is 2.50 bits per heavy atom. The third-order valence-corrected chi connectivity index (χ3v) is 5.96. The van der Waals surface area contributed by atoms with E-state index >= 15 is 0 Å². The molecule has 1 aliphatic carbocycles. The molecular weight excluding hydrogens is 368 g/mol. The van der Waals surface area contributed by atoms with Crippen molar-refractivity contribution in [2.24, 2.45) is 5.92 Å². The summed E-state index contributed by atoms with van der Waals surface area (Å²) in [7, 11) is 1.68. The van der Waals surface area contributed by atoms with Gasteiger partial charge in [-0.05, 0) is 44.6 Å². The average molecular weight is 393 g/mol. The molecule has 8 heteroatoms. The molecule has 0 radical (unpaired) electrons. The molecule has 0 spiro atoms.